The van der Waals surface area contributed by atoms with Crippen molar-refractivity contribution in [3.63, 3.8) is 0 Å². The molecular formula is C16H22ClN9. The van der Waals surface area contributed by atoms with Crippen LogP contribution in [0, 0.1) is 0 Å². The summed E-state index contributed by atoms with van der Waals surface area (Å²) in [7, 11) is 0. The van der Waals surface area contributed by atoms with Crippen molar-refractivity contribution in [1.29, 1.82) is 0 Å². The maximum absolute atomic E-state index is 5.99. The Hall–Kier alpha value is -2.65. The molecule has 1 atom stereocenters. The van der Waals surface area contributed by atoms with Gasteiger partial charge in [0.2, 0.25) is 5.95 Å². The van der Waals surface area contributed by atoms with E-state index in [-0.39, 0.29) is 12.1 Å². The molecule has 2 heterocycles. The van der Waals surface area contributed by atoms with Gasteiger partial charge in [0.15, 0.2) is 17.0 Å². The van der Waals surface area contributed by atoms with Crippen molar-refractivity contribution in [3.05, 3.63) is 23.2 Å². The molecule has 0 saturated heterocycles. The number of nitrogens with one attached hydrogen (secondary N) is 2. The molecule has 0 aliphatic heterocycles. The Kier molecular flexibility index (Phi) is 5.10. The lowest BCUT2D eigenvalue weighted by molar-refractivity contribution is 0.526. The molecule has 0 radical (unpaired) electrons. The second-order valence-corrected chi connectivity index (χ2v) is 6.82. The van der Waals surface area contributed by atoms with Crippen molar-refractivity contribution in [3.8, 4) is 0 Å². The number of aromatic nitrogens is 5. The fourth-order valence-electron chi connectivity index (χ4n) is 2.35. The maximum atomic E-state index is 5.99. The van der Waals surface area contributed by atoms with E-state index in [4.69, 9.17) is 23.1 Å². The topological polar surface area (TPSA) is 133 Å². The van der Waals surface area contributed by atoms with Gasteiger partial charge in [-0.1, -0.05) is 16.8 Å². The molecule has 26 heavy (non-hydrogen) atoms. The van der Waals surface area contributed by atoms with Crippen LogP contribution in [0.1, 0.15) is 26.8 Å². The maximum Gasteiger partial charge on any atom is 0.226 e. The quantitative estimate of drug-likeness (QED) is 0.483. The van der Waals surface area contributed by atoms with E-state index in [1.807, 2.05) is 26.8 Å². The average Bonchev–Trinajstić information content (AvgIpc) is 3.01. The van der Waals surface area contributed by atoms with Gasteiger partial charge in [-0.05, 0) is 39.0 Å². The first-order valence-corrected chi connectivity index (χ1v) is 8.67. The van der Waals surface area contributed by atoms with Crippen LogP contribution < -0.4 is 22.1 Å². The van der Waals surface area contributed by atoms with Gasteiger partial charge >= 0.3 is 0 Å². The minimum atomic E-state index is -0.0325. The highest BCUT2D eigenvalue weighted by Crippen LogP contribution is 2.28. The second kappa shape index (κ2) is 7.30. The number of nitrogen functional groups attached to an aromatic ring is 1. The molecule has 6 N–H and O–H groups in total. The number of benzene rings is 1. The molecule has 0 spiro atoms. The summed E-state index contributed by atoms with van der Waals surface area (Å²) in [6, 6.07) is 5.34. The van der Waals surface area contributed by atoms with E-state index in [0.717, 1.165) is 5.69 Å². The summed E-state index contributed by atoms with van der Waals surface area (Å²) in [5, 5.41) is 15.3. The van der Waals surface area contributed by atoms with Gasteiger partial charge in [-0.25, -0.2) is 4.68 Å². The predicted molar refractivity (Wildman–Crippen MR) is 105 cm³/mol. The summed E-state index contributed by atoms with van der Waals surface area (Å²) in [5.41, 5.74) is 14.1. The molecule has 0 amide bonds. The molecule has 3 rings (SSSR count). The van der Waals surface area contributed by atoms with Crippen LogP contribution in [0.3, 0.4) is 0 Å². The Bertz CT molecular complexity index is 919. The molecule has 10 heteroatoms. The molecule has 0 aliphatic carbocycles. The summed E-state index contributed by atoms with van der Waals surface area (Å²) in [5.74, 6) is 0.972. The van der Waals surface area contributed by atoms with Crippen LogP contribution in [0.15, 0.2) is 18.2 Å². The van der Waals surface area contributed by atoms with Gasteiger partial charge in [0.25, 0.3) is 0 Å². The Balaban J connectivity index is 2.04. The molecule has 2 aromatic heterocycles. The highest BCUT2D eigenvalue weighted by atomic mass is 35.5. The van der Waals surface area contributed by atoms with Crippen LogP contribution in [-0.4, -0.2) is 37.5 Å². The number of fused-ring (bicyclic) bond motifs is 1. The lowest BCUT2D eigenvalue weighted by Crippen LogP contribution is -2.26. The van der Waals surface area contributed by atoms with Gasteiger partial charge in [-0.3, -0.25) is 0 Å². The van der Waals surface area contributed by atoms with Crippen LogP contribution in [-0.2, 0) is 0 Å². The number of rotatable bonds is 6. The largest absolute Gasteiger partial charge is 0.397 e. The van der Waals surface area contributed by atoms with Gasteiger partial charge in [-0.2, -0.15) is 9.97 Å². The van der Waals surface area contributed by atoms with E-state index < -0.39 is 0 Å². The fraction of sp³-hybridized carbons (Fsp3) is 0.375. The lowest BCUT2D eigenvalue weighted by atomic mass is 10.3. The van der Waals surface area contributed by atoms with Crippen LogP contribution in [0.5, 0.6) is 0 Å². The fourth-order valence-corrected chi connectivity index (χ4v) is 2.47. The number of hydrogen-bond acceptors (Lipinski definition) is 8. The lowest BCUT2D eigenvalue weighted by Gasteiger charge is -2.12. The molecule has 0 bridgehead atoms. The number of halogens is 1. The third kappa shape index (κ3) is 3.78. The summed E-state index contributed by atoms with van der Waals surface area (Å²) in [6.45, 7) is 6.47. The molecule has 0 fully saturated rings. The zero-order valence-corrected chi connectivity index (χ0v) is 15.6. The summed E-state index contributed by atoms with van der Waals surface area (Å²) in [6.07, 6.45) is 0. The van der Waals surface area contributed by atoms with Crippen LogP contribution in [0.4, 0.5) is 23.1 Å². The van der Waals surface area contributed by atoms with Crippen LogP contribution >= 0.6 is 11.6 Å². The predicted octanol–water partition coefficient (Wildman–Crippen LogP) is 2.54. The smallest absolute Gasteiger partial charge is 0.226 e. The number of anilines is 4. The molecule has 9 nitrogen and oxygen atoms in total. The van der Waals surface area contributed by atoms with Crippen LogP contribution in [0.25, 0.3) is 11.2 Å². The first kappa shape index (κ1) is 18.2. The van der Waals surface area contributed by atoms with Crippen molar-refractivity contribution in [2.24, 2.45) is 5.73 Å². The summed E-state index contributed by atoms with van der Waals surface area (Å²) >= 11 is 5.99. The van der Waals surface area contributed by atoms with Crippen molar-refractivity contribution < 1.29 is 0 Å². The van der Waals surface area contributed by atoms with Gasteiger partial charge in [0.1, 0.15) is 0 Å². The highest BCUT2D eigenvalue weighted by Gasteiger charge is 2.17. The molecule has 3 aromatic rings. The SMILES string of the molecule is CC(N)CNc1nc(Nc2ccc(Cl)c(N)c2)c2nnn(C(C)C)c2n1. The summed E-state index contributed by atoms with van der Waals surface area (Å²) < 4.78 is 1.75. The molecule has 138 valence electrons. The third-order valence-electron chi connectivity index (χ3n) is 3.65. The second-order valence-electron chi connectivity index (χ2n) is 6.42. The molecule has 1 aromatic carbocycles. The zero-order valence-electron chi connectivity index (χ0n) is 14.9. The number of nitrogens with two attached hydrogens (primary N) is 2. The van der Waals surface area contributed by atoms with Gasteiger partial charge in [0, 0.05) is 18.3 Å². The zero-order chi connectivity index (χ0) is 18.8. The molecular weight excluding hydrogens is 354 g/mol. The molecule has 0 aliphatic rings. The number of hydrogen-bond donors (Lipinski definition) is 4. The van der Waals surface area contributed by atoms with Crippen molar-refractivity contribution in [2.45, 2.75) is 32.9 Å². The first-order valence-electron chi connectivity index (χ1n) is 8.29. The van der Waals surface area contributed by atoms with Crippen LogP contribution in [0.2, 0.25) is 5.02 Å². The van der Waals surface area contributed by atoms with E-state index in [1.54, 1.807) is 16.8 Å². The minimum Gasteiger partial charge on any atom is -0.397 e. The average molecular weight is 376 g/mol. The van der Waals surface area contributed by atoms with E-state index in [0.29, 0.717) is 40.2 Å². The van der Waals surface area contributed by atoms with E-state index in [9.17, 15) is 0 Å². The van der Waals surface area contributed by atoms with E-state index in [1.165, 1.54) is 0 Å². The van der Waals surface area contributed by atoms with Crippen molar-refractivity contribution in [1.82, 2.24) is 25.0 Å². The summed E-state index contributed by atoms with van der Waals surface area (Å²) in [4.78, 5) is 9.05. The van der Waals surface area contributed by atoms with Gasteiger partial charge in [-0.15, -0.1) is 5.10 Å². The normalized spacial score (nSPS) is 12.5. The Morgan fingerprint density at radius 3 is 2.65 bits per heavy atom. The molecule has 1 unspecified atom stereocenters. The van der Waals surface area contributed by atoms with E-state index in [2.05, 4.69) is 30.9 Å². The van der Waals surface area contributed by atoms with Crippen molar-refractivity contribution in [2.75, 3.05) is 22.9 Å². The van der Waals surface area contributed by atoms with E-state index >= 15 is 0 Å². The Labute approximate surface area is 156 Å². The number of nitrogens with zero attached hydrogens (tertiary/aromatic N) is 5. The molecule has 0 saturated carbocycles. The Morgan fingerprint density at radius 2 is 2.00 bits per heavy atom. The van der Waals surface area contributed by atoms with Gasteiger partial charge in [0.05, 0.1) is 16.8 Å². The van der Waals surface area contributed by atoms with Crippen molar-refractivity contribution >= 4 is 45.9 Å². The monoisotopic (exact) mass is 375 g/mol. The Morgan fingerprint density at radius 1 is 1.23 bits per heavy atom. The third-order valence-corrected chi connectivity index (χ3v) is 4.00. The minimum absolute atomic E-state index is 0.0325. The highest BCUT2D eigenvalue weighted by molar-refractivity contribution is 6.33. The first-order chi connectivity index (χ1) is 12.3. The van der Waals surface area contributed by atoms with Gasteiger partial charge < -0.3 is 22.1 Å². The standard InChI is InChI=1S/C16H22ClN9/c1-8(2)26-15-13(24-25-26)14(22-16(23-15)20-7-9(3)18)21-10-4-5-11(17)12(19)6-10/h4-6,8-9H,7,18-19H2,1-3H3,(H2,20,21,22,23).